The molecule has 4 heteroatoms. The van der Waals surface area contributed by atoms with Crippen LogP contribution in [0.15, 0.2) is 33.2 Å². The van der Waals surface area contributed by atoms with Gasteiger partial charge in [0.05, 0.1) is 17.1 Å². The molecule has 18 heavy (non-hydrogen) atoms. The molecule has 0 aliphatic carbocycles. The van der Waals surface area contributed by atoms with Gasteiger partial charge in [-0.3, -0.25) is 0 Å². The van der Waals surface area contributed by atoms with Crippen LogP contribution in [0.5, 0.6) is 0 Å². The third-order valence-electron chi connectivity index (χ3n) is 2.80. The highest BCUT2D eigenvalue weighted by molar-refractivity contribution is 9.10. The van der Waals surface area contributed by atoms with Crippen LogP contribution < -0.4 is 5.32 Å². The number of rotatable bonds is 6. The van der Waals surface area contributed by atoms with E-state index in [-0.39, 0.29) is 6.04 Å². The van der Waals surface area contributed by atoms with E-state index in [1.54, 1.807) is 0 Å². The zero-order valence-electron chi connectivity index (χ0n) is 10.7. The molecule has 1 unspecified atom stereocenters. The first-order valence-corrected chi connectivity index (χ1v) is 7.04. The van der Waals surface area contributed by atoms with Gasteiger partial charge in [-0.05, 0) is 41.5 Å². The second kappa shape index (κ2) is 6.36. The number of ether oxygens (including phenoxy) is 1. The average molecular weight is 312 g/mol. The van der Waals surface area contributed by atoms with Gasteiger partial charge in [-0.2, -0.15) is 0 Å². The van der Waals surface area contributed by atoms with E-state index < -0.39 is 0 Å². The molecule has 0 spiro atoms. The fourth-order valence-corrected chi connectivity index (χ4v) is 2.41. The Kier molecular flexibility index (Phi) is 4.80. The second-order valence-electron chi connectivity index (χ2n) is 4.08. The number of halogens is 1. The van der Waals surface area contributed by atoms with Crippen LogP contribution in [0.3, 0.4) is 0 Å². The molecule has 1 heterocycles. The maximum Gasteiger partial charge on any atom is 0.148 e. The molecule has 0 amide bonds. The zero-order chi connectivity index (χ0) is 13.0. The summed E-state index contributed by atoms with van der Waals surface area (Å²) in [5, 5.41) is 4.49. The first-order chi connectivity index (χ1) is 8.76. The molecular weight excluding hydrogens is 294 g/mol. The van der Waals surface area contributed by atoms with E-state index in [1.165, 1.54) is 0 Å². The summed E-state index contributed by atoms with van der Waals surface area (Å²) in [5.41, 5.74) is 0.895. The van der Waals surface area contributed by atoms with Crippen molar-refractivity contribution in [2.75, 3.05) is 19.8 Å². The summed E-state index contributed by atoms with van der Waals surface area (Å²) in [5.74, 6) is 0.923. The van der Waals surface area contributed by atoms with Crippen LogP contribution in [-0.2, 0) is 4.74 Å². The van der Waals surface area contributed by atoms with Crippen molar-refractivity contribution in [1.29, 1.82) is 0 Å². The Bertz CT molecular complexity index is 509. The van der Waals surface area contributed by atoms with Gasteiger partial charge in [0.25, 0.3) is 0 Å². The predicted octanol–water partition coefficient (Wildman–Crippen LogP) is 3.88. The Morgan fingerprint density at radius 1 is 1.39 bits per heavy atom. The van der Waals surface area contributed by atoms with Gasteiger partial charge in [-0.25, -0.2) is 0 Å². The number of likely N-dealkylation sites (N-methyl/N-ethyl adjacent to an activating group) is 1. The van der Waals surface area contributed by atoms with Crippen LogP contribution >= 0.6 is 15.9 Å². The van der Waals surface area contributed by atoms with Gasteiger partial charge in [0, 0.05) is 12.0 Å². The summed E-state index contributed by atoms with van der Waals surface area (Å²) in [6.45, 7) is 6.30. The topological polar surface area (TPSA) is 34.4 Å². The van der Waals surface area contributed by atoms with Crippen molar-refractivity contribution < 1.29 is 9.15 Å². The fraction of sp³-hybridized carbons (Fsp3) is 0.429. The Hall–Kier alpha value is -0.840. The van der Waals surface area contributed by atoms with E-state index in [2.05, 4.69) is 40.3 Å². The molecule has 2 rings (SSSR count). The van der Waals surface area contributed by atoms with E-state index in [0.29, 0.717) is 13.2 Å². The SMILES string of the molecule is CCNC(COCC)c1cc2cccc(Br)c2o1. The normalized spacial score (nSPS) is 13.1. The number of benzene rings is 1. The molecule has 0 bridgehead atoms. The van der Waals surface area contributed by atoms with Crippen molar-refractivity contribution >= 4 is 26.9 Å². The molecule has 0 radical (unpaired) electrons. The largest absolute Gasteiger partial charge is 0.458 e. The van der Waals surface area contributed by atoms with Gasteiger partial charge >= 0.3 is 0 Å². The van der Waals surface area contributed by atoms with Crippen molar-refractivity contribution in [2.45, 2.75) is 19.9 Å². The lowest BCUT2D eigenvalue weighted by Gasteiger charge is -2.14. The van der Waals surface area contributed by atoms with E-state index in [9.17, 15) is 0 Å². The Balaban J connectivity index is 2.29. The van der Waals surface area contributed by atoms with Gasteiger partial charge in [0.15, 0.2) is 0 Å². The van der Waals surface area contributed by atoms with Gasteiger partial charge in [-0.15, -0.1) is 0 Å². The standard InChI is InChI=1S/C14H18BrNO2/c1-3-16-12(9-17-4-2)13-8-10-6-5-7-11(15)14(10)18-13/h5-8,12,16H,3-4,9H2,1-2H3. The molecule has 0 fully saturated rings. The minimum atomic E-state index is 0.106. The monoisotopic (exact) mass is 311 g/mol. The molecule has 1 atom stereocenters. The third kappa shape index (κ3) is 2.94. The van der Waals surface area contributed by atoms with Gasteiger partial charge in [0.1, 0.15) is 11.3 Å². The molecule has 0 saturated heterocycles. The highest BCUT2D eigenvalue weighted by Crippen LogP contribution is 2.29. The molecular formula is C14H18BrNO2. The van der Waals surface area contributed by atoms with E-state index in [4.69, 9.17) is 9.15 Å². The lowest BCUT2D eigenvalue weighted by molar-refractivity contribution is 0.117. The fourth-order valence-electron chi connectivity index (χ4n) is 1.94. The molecule has 3 nitrogen and oxygen atoms in total. The summed E-state index contributed by atoms with van der Waals surface area (Å²) < 4.78 is 12.4. The molecule has 0 saturated carbocycles. The van der Waals surface area contributed by atoms with Crippen LogP contribution in [-0.4, -0.2) is 19.8 Å². The molecule has 0 aliphatic rings. The van der Waals surface area contributed by atoms with E-state index in [0.717, 1.165) is 27.7 Å². The number of hydrogen-bond acceptors (Lipinski definition) is 3. The quantitative estimate of drug-likeness (QED) is 0.879. The number of nitrogens with one attached hydrogen (secondary N) is 1. The maximum atomic E-state index is 5.92. The van der Waals surface area contributed by atoms with Crippen LogP contribution in [0.1, 0.15) is 25.6 Å². The molecule has 1 N–H and O–H groups in total. The summed E-state index contributed by atoms with van der Waals surface area (Å²) in [7, 11) is 0. The van der Waals surface area contributed by atoms with Crippen LogP contribution in [0.25, 0.3) is 11.0 Å². The van der Waals surface area contributed by atoms with Crippen molar-refractivity contribution in [2.24, 2.45) is 0 Å². The summed E-state index contributed by atoms with van der Waals surface area (Å²) in [6.07, 6.45) is 0. The van der Waals surface area contributed by atoms with Gasteiger partial charge in [-0.1, -0.05) is 19.1 Å². The van der Waals surface area contributed by atoms with E-state index >= 15 is 0 Å². The molecule has 0 aliphatic heterocycles. The molecule has 2 aromatic rings. The molecule has 1 aromatic carbocycles. The van der Waals surface area contributed by atoms with Crippen molar-refractivity contribution in [3.8, 4) is 0 Å². The number of furan rings is 1. The first kappa shape index (κ1) is 13.6. The highest BCUT2D eigenvalue weighted by atomic mass is 79.9. The summed E-state index contributed by atoms with van der Waals surface area (Å²) in [6, 6.07) is 8.23. The van der Waals surface area contributed by atoms with Gasteiger partial charge < -0.3 is 14.5 Å². The Labute approximate surface area is 116 Å². The third-order valence-corrected chi connectivity index (χ3v) is 3.42. The highest BCUT2D eigenvalue weighted by Gasteiger charge is 2.16. The summed E-state index contributed by atoms with van der Waals surface area (Å²) >= 11 is 3.51. The Morgan fingerprint density at radius 3 is 2.89 bits per heavy atom. The lowest BCUT2D eigenvalue weighted by Crippen LogP contribution is -2.24. The lowest BCUT2D eigenvalue weighted by atomic mass is 10.2. The first-order valence-electron chi connectivity index (χ1n) is 6.25. The zero-order valence-corrected chi connectivity index (χ0v) is 12.3. The molecule has 1 aromatic heterocycles. The smallest absolute Gasteiger partial charge is 0.148 e. The number of hydrogen-bond donors (Lipinski definition) is 1. The Morgan fingerprint density at radius 2 is 2.22 bits per heavy atom. The van der Waals surface area contributed by atoms with E-state index in [1.807, 2.05) is 19.1 Å². The van der Waals surface area contributed by atoms with Crippen LogP contribution in [0.4, 0.5) is 0 Å². The van der Waals surface area contributed by atoms with Crippen LogP contribution in [0, 0.1) is 0 Å². The average Bonchev–Trinajstić information content (AvgIpc) is 2.80. The predicted molar refractivity (Wildman–Crippen MR) is 76.8 cm³/mol. The minimum absolute atomic E-state index is 0.106. The van der Waals surface area contributed by atoms with Crippen LogP contribution in [0.2, 0.25) is 0 Å². The van der Waals surface area contributed by atoms with Gasteiger partial charge in [0.2, 0.25) is 0 Å². The number of fused-ring (bicyclic) bond motifs is 1. The molecule has 98 valence electrons. The van der Waals surface area contributed by atoms with Crippen molar-refractivity contribution in [1.82, 2.24) is 5.32 Å². The minimum Gasteiger partial charge on any atom is -0.458 e. The number of para-hydroxylation sites is 1. The van der Waals surface area contributed by atoms with Crippen molar-refractivity contribution in [3.63, 3.8) is 0 Å². The maximum absolute atomic E-state index is 5.92. The van der Waals surface area contributed by atoms with Crippen molar-refractivity contribution in [3.05, 3.63) is 34.5 Å². The summed E-state index contributed by atoms with van der Waals surface area (Å²) in [4.78, 5) is 0. The second-order valence-corrected chi connectivity index (χ2v) is 4.93.